The lowest BCUT2D eigenvalue weighted by atomic mass is 10.1. The number of nitrogens with zero attached hydrogens (tertiary/aromatic N) is 2. The maximum Gasteiger partial charge on any atom is 0.135 e. The Hall–Kier alpha value is -0.680. The fraction of sp³-hybridized carbons (Fsp3) is 0.714. The van der Waals surface area contributed by atoms with Gasteiger partial charge in [0.05, 0.1) is 6.10 Å². The molecule has 2 fully saturated rings. The molecule has 0 radical (unpaired) electrons. The van der Waals surface area contributed by atoms with Crippen LogP contribution in [0.15, 0.2) is 10.7 Å². The van der Waals surface area contributed by atoms with E-state index in [2.05, 4.69) is 31.2 Å². The van der Waals surface area contributed by atoms with Crippen LogP contribution in [-0.4, -0.2) is 29.2 Å². The molecule has 2 heterocycles. The highest BCUT2D eigenvalue weighted by molar-refractivity contribution is 9.10. The molecule has 0 spiro atoms. The van der Waals surface area contributed by atoms with Gasteiger partial charge in [-0.2, -0.15) is 0 Å². The van der Waals surface area contributed by atoms with Gasteiger partial charge in [-0.15, -0.1) is 0 Å². The topological polar surface area (TPSA) is 47.0 Å². The number of rotatable bonds is 5. The highest BCUT2D eigenvalue weighted by Gasteiger charge is 2.27. The van der Waals surface area contributed by atoms with Gasteiger partial charge in [0, 0.05) is 25.1 Å². The molecule has 4 nitrogen and oxygen atoms in total. The Kier molecular flexibility index (Phi) is 4.33. The first-order valence-electron chi connectivity index (χ1n) is 7.21. The van der Waals surface area contributed by atoms with Crippen molar-refractivity contribution >= 4 is 21.7 Å². The van der Waals surface area contributed by atoms with Gasteiger partial charge >= 0.3 is 0 Å². The molecular formula is C14H20BrN3O. The average molecular weight is 326 g/mol. The normalized spacial score (nSPS) is 23.3. The van der Waals surface area contributed by atoms with E-state index in [9.17, 15) is 0 Å². The van der Waals surface area contributed by atoms with Gasteiger partial charge in [-0.05, 0) is 54.5 Å². The van der Waals surface area contributed by atoms with E-state index in [4.69, 9.17) is 4.74 Å². The summed E-state index contributed by atoms with van der Waals surface area (Å²) in [5, 5.41) is 3.39. The zero-order valence-electron chi connectivity index (χ0n) is 11.1. The van der Waals surface area contributed by atoms with Crippen molar-refractivity contribution in [3.63, 3.8) is 0 Å². The van der Waals surface area contributed by atoms with Crippen LogP contribution >= 0.6 is 15.9 Å². The average Bonchev–Trinajstić information content (AvgIpc) is 3.24. The minimum atomic E-state index is 0.425. The summed E-state index contributed by atoms with van der Waals surface area (Å²) in [6, 6.07) is 1.95. The van der Waals surface area contributed by atoms with Crippen LogP contribution in [0.4, 0.5) is 5.82 Å². The van der Waals surface area contributed by atoms with Crippen LogP contribution in [0.5, 0.6) is 0 Å². The first-order valence-corrected chi connectivity index (χ1v) is 8.00. The van der Waals surface area contributed by atoms with Crippen molar-refractivity contribution in [2.24, 2.45) is 0 Å². The smallest absolute Gasteiger partial charge is 0.135 e. The number of nitrogens with one attached hydrogen (secondary N) is 1. The van der Waals surface area contributed by atoms with Crippen molar-refractivity contribution in [2.45, 2.75) is 50.5 Å². The third-order valence-corrected chi connectivity index (χ3v) is 4.11. The number of hydrogen-bond acceptors (Lipinski definition) is 4. The second kappa shape index (κ2) is 6.18. The zero-order chi connectivity index (χ0) is 13.1. The van der Waals surface area contributed by atoms with Crippen molar-refractivity contribution in [1.29, 1.82) is 0 Å². The Morgan fingerprint density at radius 1 is 1.26 bits per heavy atom. The van der Waals surface area contributed by atoms with Gasteiger partial charge in [0.25, 0.3) is 0 Å². The Balaban J connectivity index is 1.51. The fourth-order valence-electron chi connectivity index (χ4n) is 2.45. The number of hydrogen-bond donors (Lipinski definition) is 1. The van der Waals surface area contributed by atoms with Gasteiger partial charge < -0.3 is 10.1 Å². The SMILES string of the molecule is Brc1cc(NCCC2CCCCO2)nc(C2CC2)n1. The maximum atomic E-state index is 5.73. The van der Waals surface area contributed by atoms with E-state index in [1.807, 2.05) is 6.07 Å². The monoisotopic (exact) mass is 325 g/mol. The van der Waals surface area contributed by atoms with E-state index < -0.39 is 0 Å². The Morgan fingerprint density at radius 2 is 2.16 bits per heavy atom. The molecule has 1 saturated carbocycles. The van der Waals surface area contributed by atoms with Gasteiger partial charge in [-0.1, -0.05) is 0 Å². The molecule has 1 aliphatic carbocycles. The molecule has 104 valence electrons. The third kappa shape index (κ3) is 3.89. The highest BCUT2D eigenvalue weighted by Crippen LogP contribution is 2.38. The van der Waals surface area contributed by atoms with E-state index >= 15 is 0 Å². The zero-order valence-corrected chi connectivity index (χ0v) is 12.7. The van der Waals surface area contributed by atoms with E-state index in [0.717, 1.165) is 35.8 Å². The van der Waals surface area contributed by atoms with Crippen LogP contribution in [0.2, 0.25) is 0 Å². The van der Waals surface area contributed by atoms with E-state index in [0.29, 0.717) is 12.0 Å². The Bertz CT molecular complexity index is 431. The molecule has 0 amide bonds. The number of anilines is 1. The van der Waals surface area contributed by atoms with Crippen LogP contribution in [0.3, 0.4) is 0 Å². The minimum Gasteiger partial charge on any atom is -0.378 e. The van der Waals surface area contributed by atoms with Crippen molar-refractivity contribution in [2.75, 3.05) is 18.5 Å². The summed E-state index contributed by atoms with van der Waals surface area (Å²) in [6.45, 7) is 1.84. The van der Waals surface area contributed by atoms with Gasteiger partial charge in [0.2, 0.25) is 0 Å². The van der Waals surface area contributed by atoms with Crippen LogP contribution in [-0.2, 0) is 4.74 Å². The lowest BCUT2D eigenvalue weighted by Crippen LogP contribution is -2.22. The van der Waals surface area contributed by atoms with E-state index in [-0.39, 0.29) is 0 Å². The lowest BCUT2D eigenvalue weighted by molar-refractivity contribution is 0.0134. The lowest BCUT2D eigenvalue weighted by Gasteiger charge is -2.22. The first kappa shape index (κ1) is 13.3. The van der Waals surface area contributed by atoms with Gasteiger partial charge in [-0.3, -0.25) is 0 Å². The van der Waals surface area contributed by atoms with Crippen LogP contribution < -0.4 is 5.32 Å². The molecule has 1 saturated heterocycles. The largest absolute Gasteiger partial charge is 0.378 e. The summed E-state index contributed by atoms with van der Waals surface area (Å²) >= 11 is 3.46. The standard InChI is InChI=1S/C14H20BrN3O/c15-12-9-13(18-14(17-12)10-4-5-10)16-7-6-11-3-1-2-8-19-11/h9-11H,1-8H2,(H,16,17,18). The van der Waals surface area contributed by atoms with E-state index in [1.165, 1.54) is 32.1 Å². The van der Waals surface area contributed by atoms with Gasteiger partial charge in [-0.25, -0.2) is 9.97 Å². The molecule has 0 bridgehead atoms. The van der Waals surface area contributed by atoms with Crippen LogP contribution in [0.25, 0.3) is 0 Å². The third-order valence-electron chi connectivity index (χ3n) is 3.70. The predicted octanol–water partition coefficient (Wildman–Crippen LogP) is 3.49. The number of ether oxygens (including phenoxy) is 1. The number of aromatic nitrogens is 2. The molecule has 1 aliphatic heterocycles. The van der Waals surface area contributed by atoms with Gasteiger partial charge in [0.1, 0.15) is 16.2 Å². The molecule has 3 rings (SSSR count). The molecule has 0 aromatic carbocycles. The van der Waals surface area contributed by atoms with Crippen LogP contribution in [0.1, 0.15) is 50.3 Å². The van der Waals surface area contributed by atoms with Crippen molar-refractivity contribution < 1.29 is 4.74 Å². The molecule has 1 aromatic rings. The predicted molar refractivity (Wildman–Crippen MR) is 78.4 cm³/mol. The molecule has 1 atom stereocenters. The first-order chi connectivity index (χ1) is 9.31. The minimum absolute atomic E-state index is 0.425. The maximum absolute atomic E-state index is 5.73. The molecule has 1 N–H and O–H groups in total. The van der Waals surface area contributed by atoms with Crippen molar-refractivity contribution in [3.05, 3.63) is 16.5 Å². The Labute approximate surface area is 122 Å². The Morgan fingerprint density at radius 3 is 2.89 bits per heavy atom. The quantitative estimate of drug-likeness (QED) is 0.842. The van der Waals surface area contributed by atoms with Crippen molar-refractivity contribution in [1.82, 2.24) is 9.97 Å². The molecule has 2 aliphatic rings. The van der Waals surface area contributed by atoms with Crippen molar-refractivity contribution in [3.8, 4) is 0 Å². The van der Waals surface area contributed by atoms with Crippen LogP contribution in [0, 0.1) is 0 Å². The highest BCUT2D eigenvalue weighted by atomic mass is 79.9. The second-order valence-electron chi connectivity index (χ2n) is 5.41. The molecule has 19 heavy (non-hydrogen) atoms. The second-order valence-corrected chi connectivity index (χ2v) is 6.22. The molecular weight excluding hydrogens is 306 g/mol. The summed E-state index contributed by atoms with van der Waals surface area (Å²) in [4.78, 5) is 9.02. The summed E-state index contributed by atoms with van der Waals surface area (Å²) in [5.74, 6) is 2.49. The molecule has 1 aromatic heterocycles. The summed E-state index contributed by atoms with van der Waals surface area (Å²) in [7, 11) is 0. The fourth-order valence-corrected chi connectivity index (χ4v) is 2.84. The summed E-state index contributed by atoms with van der Waals surface area (Å²) in [6.07, 6.45) is 7.65. The summed E-state index contributed by atoms with van der Waals surface area (Å²) in [5.41, 5.74) is 0. The number of halogens is 1. The van der Waals surface area contributed by atoms with E-state index in [1.54, 1.807) is 0 Å². The molecule has 5 heteroatoms. The molecule has 1 unspecified atom stereocenters. The van der Waals surface area contributed by atoms with Gasteiger partial charge in [0.15, 0.2) is 0 Å². The summed E-state index contributed by atoms with van der Waals surface area (Å²) < 4.78 is 6.61.